The highest BCUT2D eigenvalue weighted by Gasteiger charge is 2.26. The maximum atomic E-state index is 10.2. The van der Waals surface area contributed by atoms with Crippen molar-refractivity contribution >= 4 is 0 Å². The quantitative estimate of drug-likeness (QED) is 0.703. The van der Waals surface area contributed by atoms with Crippen LogP contribution in [0, 0.1) is 11.3 Å². The molecule has 0 amide bonds. The first kappa shape index (κ1) is 14.4. The van der Waals surface area contributed by atoms with E-state index in [4.69, 9.17) is 5.26 Å². The topological polar surface area (TPSA) is 47.3 Å². The van der Waals surface area contributed by atoms with Crippen molar-refractivity contribution in [3.05, 3.63) is 0 Å². The summed E-state index contributed by atoms with van der Waals surface area (Å²) in [4.78, 5) is 2.18. The third-order valence-corrected chi connectivity index (χ3v) is 3.05. The summed E-state index contributed by atoms with van der Waals surface area (Å²) in [6.07, 6.45) is 2.06. The van der Waals surface area contributed by atoms with Crippen LogP contribution in [0.2, 0.25) is 0 Å². The first-order valence-electron chi connectivity index (χ1n) is 5.82. The zero-order valence-electron chi connectivity index (χ0n) is 10.5. The van der Waals surface area contributed by atoms with Crippen LogP contribution in [-0.2, 0) is 0 Å². The van der Waals surface area contributed by atoms with Crippen LogP contribution in [0.25, 0.3) is 0 Å². The van der Waals surface area contributed by atoms with Crippen LogP contribution in [0.15, 0.2) is 0 Å². The molecule has 0 aliphatic carbocycles. The lowest BCUT2D eigenvalue weighted by molar-refractivity contribution is -0.0108. The average Bonchev–Trinajstić information content (AvgIpc) is 2.23. The predicted molar refractivity (Wildman–Crippen MR) is 62.5 cm³/mol. The molecule has 1 N–H and O–H groups in total. The molecule has 0 fully saturated rings. The van der Waals surface area contributed by atoms with Gasteiger partial charge < -0.3 is 5.11 Å². The number of nitrogens with zero attached hydrogens (tertiary/aromatic N) is 2. The summed E-state index contributed by atoms with van der Waals surface area (Å²) in [6, 6.07) is 2.53. The lowest BCUT2D eigenvalue weighted by Crippen LogP contribution is -2.45. The Hall–Kier alpha value is -0.590. The molecule has 0 aromatic heterocycles. The molecule has 0 saturated carbocycles. The summed E-state index contributed by atoms with van der Waals surface area (Å²) in [7, 11) is 0. The van der Waals surface area contributed by atoms with Gasteiger partial charge in [-0.2, -0.15) is 5.26 Å². The molecule has 0 unspecified atom stereocenters. The molecular weight excluding hydrogens is 188 g/mol. The Bertz CT molecular complexity index is 204. The third-order valence-electron chi connectivity index (χ3n) is 3.05. The van der Waals surface area contributed by atoms with Crippen molar-refractivity contribution in [2.45, 2.75) is 58.6 Å². The van der Waals surface area contributed by atoms with Crippen LogP contribution < -0.4 is 0 Å². The van der Waals surface area contributed by atoms with Crippen molar-refractivity contribution in [2.24, 2.45) is 0 Å². The Labute approximate surface area is 93.7 Å². The van der Waals surface area contributed by atoms with Crippen LogP contribution in [0.1, 0.15) is 47.0 Å². The van der Waals surface area contributed by atoms with E-state index in [-0.39, 0.29) is 0 Å². The minimum Gasteiger partial charge on any atom is -0.389 e. The summed E-state index contributed by atoms with van der Waals surface area (Å²) in [5, 5.41) is 18.8. The molecule has 15 heavy (non-hydrogen) atoms. The molecule has 88 valence electrons. The molecule has 3 nitrogen and oxygen atoms in total. The zero-order valence-corrected chi connectivity index (χ0v) is 10.5. The Balaban J connectivity index is 4.33. The second kappa shape index (κ2) is 6.81. The summed E-state index contributed by atoms with van der Waals surface area (Å²) in [6.45, 7) is 9.63. The molecule has 0 aliphatic rings. The van der Waals surface area contributed by atoms with Crippen LogP contribution in [0.3, 0.4) is 0 Å². The number of aliphatic hydroxyl groups is 1. The Morgan fingerprint density at radius 2 is 1.87 bits per heavy atom. The van der Waals surface area contributed by atoms with E-state index in [0.29, 0.717) is 19.0 Å². The molecule has 0 saturated heterocycles. The van der Waals surface area contributed by atoms with Gasteiger partial charge in [0, 0.05) is 25.6 Å². The normalized spacial score (nSPS) is 12.1. The van der Waals surface area contributed by atoms with Crippen molar-refractivity contribution in [3.8, 4) is 6.07 Å². The zero-order chi connectivity index (χ0) is 11.9. The fourth-order valence-corrected chi connectivity index (χ4v) is 1.57. The highest BCUT2D eigenvalue weighted by molar-refractivity contribution is 4.83. The molecule has 0 bridgehead atoms. The van der Waals surface area contributed by atoms with Gasteiger partial charge in [0.05, 0.1) is 11.7 Å². The van der Waals surface area contributed by atoms with Crippen molar-refractivity contribution in [2.75, 3.05) is 13.1 Å². The number of hydrogen-bond acceptors (Lipinski definition) is 3. The second-order valence-corrected chi connectivity index (χ2v) is 4.40. The molecular formula is C12H24N2O. The monoisotopic (exact) mass is 212 g/mol. The third kappa shape index (κ3) is 5.15. The largest absolute Gasteiger partial charge is 0.389 e. The van der Waals surface area contributed by atoms with E-state index < -0.39 is 5.60 Å². The van der Waals surface area contributed by atoms with Crippen molar-refractivity contribution in [3.63, 3.8) is 0 Å². The molecule has 0 heterocycles. The lowest BCUT2D eigenvalue weighted by Gasteiger charge is -2.35. The van der Waals surface area contributed by atoms with Gasteiger partial charge in [-0.3, -0.25) is 4.90 Å². The minimum absolute atomic E-state index is 0.378. The van der Waals surface area contributed by atoms with Crippen molar-refractivity contribution in [1.29, 1.82) is 5.26 Å². The fourth-order valence-electron chi connectivity index (χ4n) is 1.57. The van der Waals surface area contributed by atoms with Gasteiger partial charge in [-0.25, -0.2) is 0 Å². The van der Waals surface area contributed by atoms with Crippen LogP contribution in [-0.4, -0.2) is 34.7 Å². The fraction of sp³-hybridized carbons (Fsp3) is 0.917. The van der Waals surface area contributed by atoms with Gasteiger partial charge in [0.1, 0.15) is 0 Å². The smallest absolute Gasteiger partial charge is 0.0769 e. The van der Waals surface area contributed by atoms with E-state index in [1.165, 1.54) is 0 Å². The summed E-state index contributed by atoms with van der Waals surface area (Å²) < 4.78 is 0. The minimum atomic E-state index is -0.597. The highest BCUT2D eigenvalue weighted by Crippen LogP contribution is 2.17. The summed E-state index contributed by atoms with van der Waals surface area (Å²) in [5.74, 6) is 0. The first-order valence-corrected chi connectivity index (χ1v) is 5.82. The molecule has 0 aromatic carbocycles. The van der Waals surface area contributed by atoms with Gasteiger partial charge in [-0.15, -0.1) is 0 Å². The Kier molecular flexibility index (Phi) is 6.55. The van der Waals surface area contributed by atoms with Gasteiger partial charge in [0.15, 0.2) is 0 Å². The summed E-state index contributed by atoms with van der Waals surface area (Å²) in [5.41, 5.74) is -0.597. The lowest BCUT2D eigenvalue weighted by atomic mass is 9.96. The summed E-state index contributed by atoms with van der Waals surface area (Å²) >= 11 is 0. The molecule has 0 aliphatic heterocycles. The predicted octanol–water partition coefficient (Wildman–Crippen LogP) is 2.16. The van der Waals surface area contributed by atoms with Gasteiger partial charge >= 0.3 is 0 Å². The molecule has 0 radical (unpaired) electrons. The van der Waals surface area contributed by atoms with E-state index in [2.05, 4.69) is 24.8 Å². The van der Waals surface area contributed by atoms with Gasteiger partial charge in [0.2, 0.25) is 0 Å². The molecule has 3 heteroatoms. The standard InChI is InChI=1S/C12H24N2O/c1-5-12(15,6-2)10-14(11(3)4)9-7-8-13/h11,15H,5-7,9-10H2,1-4H3. The van der Waals surface area contributed by atoms with E-state index >= 15 is 0 Å². The van der Waals surface area contributed by atoms with Crippen LogP contribution >= 0.6 is 0 Å². The van der Waals surface area contributed by atoms with Gasteiger partial charge in [-0.1, -0.05) is 13.8 Å². The Morgan fingerprint density at radius 1 is 1.33 bits per heavy atom. The number of rotatable bonds is 7. The first-order chi connectivity index (χ1) is 6.99. The SMILES string of the molecule is CCC(O)(CC)CN(CCC#N)C(C)C. The number of hydrogen-bond donors (Lipinski definition) is 1. The average molecular weight is 212 g/mol. The molecule has 0 atom stereocenters. The van der Waals surface area contributed by atoms with Gasteiger partial charge in [0.25, 0.3) is 0 Å². The van der Waals surface area contributed by atoms with Crippen LogP contribution in [0.4, 0.5) is 0 Å². The molecule has 0 aromatic rings. The van der Waals surface area contributed by atoms with E-state index in [9.17, 15) is 5.11 Å². The molecule has 0 rings (SSSR count). The van der Waals surface area contributed by atoms with Crippen molar-refractivity contribution < 1.29 is 5.11 Å². The maximum absolute atomic E-state index is 10.2. The Morgan fingerprint density at radius 3 is 2.20 bits per heavy atom. The van der Waals surface area contributed by atoms with E-state index in [0.717, 1.165) is 19.4 Å². The van der Waals surface area contributed by atoms with E-state index in [1.807, 2.05) is 13.8 Å². The van der Waals surface area contributed by atoms with E-state index in [1.54, 1.807) is 0 Å². The maximum Gasteiger partial charge on any atom is 0.0769 e. The highest BCUT2D eigenvalue weighted by atomic mass is 16.3. The van der Waals surface area contributed by atoms with Crippen molar-refractivity contribution in [1.82, 2.24) is 4.90 Å². The number of nitriles is 1. The second-order valence-electron chi connectivity index (χ2n) is 4.40. The van der Waals surface area contributed by atoms with Gasteiger partial charge in [-0.05, 0) is 26.7 Å². The van der Waals surface area contributed by atoms with Crippen LogP contribution in [0.5, 0.6) is 0 Å². The molecule has 0 spiro atoms.